The summed E-state index contributed by atoms with van der Waals surface area (Å²) in [7, 11) is -1.94. The summed E-state index contributed by atoms with van der Waals surface area (Å²) in [6, 6.07) is 16.4. The number of para-hydroxylation sites is 1. The van der Waals surface area contributed by atoms with Gasteiger partial charge in [0, 0.05) is 11.2 Å². The lowest BCUT2D eigenvalue weighted by Crippen LogP contribution is -2.17. The zero-order chi connectivity index (χ0) is 15.3. The van der Waals surface area contributed by atoms with Gasteiger partial charge in [0.2, 0.25) is 0 Å². The average molecular weight is 369 g/mol. The van der Waals surface area contributed by atoms with Crippen molar-refractivity contribution in [3.8, 4) is 5.75 Å². The van der Waals surface area contributed by atoms with Crippen LogP contribution in [0.25, 0.3) is 0 Å². The van der Waals surface area contributed by atoms with Crippen LogP contribution < -0.4 is 4.74 Å². The molecule has 0 spiro atoms. The topological polar surface area (TPSA) is 43.4 Å². The fourth-order valence-corrected chi connectivity index (χ4v) is 4.85. The van der Waals surface area contributed by atoms with Crippen LogP contribution in [0.4, 0.5) is 0 Å². The molecule has 3 nitrogen and oxygen atoms in total. The Morgan fingerprint density at radius 1 is 1.05 bits per heavy atom. The maximum absolute atomic E-state index is 12.7. The Balaban J connectivity index is 2.32. The molecule has 0 heterocycles. The fraction of sp³-hybridized carbons (Fsp3) is 0.250. The summed E-state index contributed by atoms with van der Waals surface area (Å²) in [5.41, 5.74) is 1.01. The van der Waals surface area contributed by atoms with Gasteiger partial charge in [-0.25, -0.2) is 8.42 Å². The molecule has 0 N–H and O–H groups in total. The highest BCUT2D eigenvalue weighted by Gasteiger charge is 2.24. The van der Waals surface area contributed by atoms with Gasteiger partial charge in [-0.3, -0.25) is 0 Å². The second-order valence-corrected chi connectivity index (χ2v) is 7.34. The number of halogens is 1. The van der Waals surface area contributed by atoms with Crippen molar-refractivity contribution >= 4 is 25.8 Å². The second-order valence-electron chi connectivity index (χ2n) is 4.69. The lowest BCUT2D eigenvalue weighted by molar-refractivity contribution is 0.402. The van der Waals surface area contributed by atoms with Crippen molar-refractivity contribution < 1.29 is 13.2 Å². The normalized spacial score (nSPS) is 12.9. The van der Waals surface area contributed by atoms with Crippen LogP contribution in [0.5, 0.6) is 5.75 Å². The van der Waals surface area contributed by atoms with Crippen molar-refractivity contribution in [1.29, 1.82) is 0 Å². The van der Waals surface area contributed by atoms with Gasteiger partial charge in [-0.2, -0.15) is 0 Å². The number of sulfone groups is 1. The number of benzene rings is 2. The van der Waals surface area contributed by atoms with Gasteiger partial charge in [0.1, 0.15) is 10.6 Å². The van der Waals surface area contributed by atoms with Crippen molar-refractivity contribution in [3.63, 3.8) is 0 Å². The molecule has 0 saturated heterocycles. The first-order valence-electron chi connectivity index (χ1n) is 6.55. The molecule has 0 aliphatic rings. The molecule has 2 aromatic rings. The molecule has 0 aliphatic carbocycles. The molecule has 0 aliphatic heterocycles. The van der Waals surface area contributed by atoms with Crippen molar-refractivity contribution in [2.24, 2.45) is 0 Å². The number of alkyl halides is 1. The van der Waals surface area contributed by atoms with Crippen LogP contribution in [0.1, 0.15) is 11.5 Å². The minimum absolute atomic E-state index is 0.0443. The van der Waals surface area contributed by atoms with Gasteiger partial charge in [-0.15, -0.1) is 0 Å². The van der Waals surface area contributed by atoms with E-state index in [0.29, 0.717) is 11.1 Å². The quantitative estimate of drug-likeness (QED) is 0.730. The van der Waals surface area contributed by atoms with Gasteiger partial charge >= 0.3 is 0 Å². The lowest BCUT2D eigenvalue weighted by Gasteiger charge is -2.16. The van der Waals surface area contributed by atoms with Gasteiger partial charge in [0.15, 0.2) is 9.84 Å². The first-order chi connectivity index (χ1) is 10.1. The van der Waals surface area contributed by atoms with E-state index in [9.17, 15) is 8.42 Å². The van der Waals surface area contributed by atoms with Crippen molar-refractivity contribution in [2.75, 3.05) is 18.2 Å². The largest absolute Gasteiger partial charge is 0.495 e. The van der Waals surface area contributed by atoms with E-state index in [1.165, 1.54) is 7.11 Å². The summed E-state index contributed by atoms with van der Waals surface area (Å²) in [5.74, 6) is 0.336. The van der Waals surface area contributed by atoms with Crippen LogP contribution in [0, 0.1) is 0 Å². The summed E-state index contributed by atoms with van der Waals surface area (Å²) < 4.78 is 30.5. The Labute approximate surface area is 134 Å². The molecule has 2 rings (SSSR count). The molecule has 0 fully saturated rings. The number of ether oxygens (including phenoxy) is 1. The van der Waals surface area contributed by atoms with E-state index in [2.05, 4.69) is 15.9 Å². The molecular formula is C16H17BrO3S. The Bertz CT molecular complexity index is 684. The number of methoxy groups -OCH3 is 1. The molecule has 21 heavy (non-hydrogen) atoms. The van der Waals surface area contributed by atoms with E-state index in [1.807, 2.05) is 30.3 Å². The predicted octanol–water partition coefficient (Wildman–Crippen LogP) is 3.65. The standard InChI is InChI=1S/C16H17BrO3S/c1-20-15-9-5-6-10-16(15)21(18,19)12-14(11-17)13-7-3-2-4-8-13/h2-10,14H,11-12H2,1H3. The van der Waals surface area contributed by atoms with Crippen LogP contribution in [-0.4, -0.2) is 26.6 Å². The average Bonchev–Trinajstić information content (AvgIpc) is 2.53. The van der Waals surface area contributed by atoms with Crippen LogP contribution in [0.3, 0.4) is 0 Å². The van der Waals surface area contributed by atoms with E-state index in [4.69, 9.17) is 4.74 Å². The molecule has 5 heteroatoms. The van der Waals surface area contributed by atoms with Crippen LogP contribution in [0.2, 0.25) is 0 Å². The monoisotopic (exact) mass is 368 g/mol. The van der Waals surface area contributed by atoms with Crippen molar-refractivity contribution in [2.45, 2.75) is 10.8 Å². The maximum Gasteiger partial charge on any atom is 0.182 e. The zero-order valence-corrected chi connectivity index (χ0v) is 14.1. The van der Waals surface area contributed by atoms with E-state index < -0.39 is 9.84 Å². The van der Waals surface area contributed by atoms with Crippen LogP contribution in [-0.2, 0) is 9.84 Å². The second kappa shape index (κ2) is 7.09. The zero-order valence-electron chi connectivity index (χ0n) is 11.7. The van der Waals surface area contributed by atoms with Gasteiger partial charge in [-0.05, 0) is 17.7 Å². The summed E-state index contributed by atoms with van der Waals surface area (Å²) in [5, 5.41) is 0.589. The minimum Gasteiger partial charge on any atom is -0.495 e. The van der Waals surface area contributed by atoms with Crippen molar-refractivity contribution in [3.05, 3.63) is 60.2 Å². The third-order valence-electron chi connectivity index (χ3n) is 3.28. The maximum atomic E-state index is 12.7. The van der Waals surface area contributed by atoms with E-state index in [-0.39, 0.29) is 16.6 Å². The Morgan fingerprint density at radius 2 is 1.67 bits per heavy atom. The molecule has 0 aromatic heterocycles. The Morgan fingerprint density at radius 3 is 2.29 bits per heavy atom. The van der Waals surface area contributed by atoms with E-state index in [1.54, 1.807) is 24.3 Å². The number of rotatable bonds is 6. The molecule has 1 atom stereocenters. The highest BCUT2D eigenvalue weighted by Crippen LogP contribution is 2.28. The molecule has 0 amide bonds. The molecule has 0 saturated carbocycles. The highest BCUT2D eigenvalue weighted by atomic mass is 79.9. The number of hydrogen-bond donors (Lipinski definition) is 0. The molecular weight excluding hydrogens is 352 g/mol. The van der Waals surface area contributed by atoms with Gasteiger partial charge < -0.3 is 4.74 Å². The SMILES string of the molecule is COc1ccccc1S(=O)(=O)CC(CBr)c1ccccc1. The first-order valence-corrected chi connectivity index (χ1v) is 9.32. The molecule has 0 radical (unpaired) electrons. The molecule has 0 bridgehead atoms. The smallest absolute Gasteiger partial charge is 0.182 e. The highest BCUT2D eigenvalue weighted by molar-refractivity contribution is 9.09. The van der Waals surface area contributed by atoms with E-state index >= 15 is 0 Å². The van der Waals surface area contributed by atoms with Gasteiger partial charge in [0.05, 0.1) is 12.9 Å². The Kier molecular flexibility index (Phi) is 5.42. The van der Waals surface area contributed by atoms with Gasteiger partial charge in [-0.1, -0.05) is 58.4 Å². The Hall–Kier alpha value is -1.33. The van der Waals surface area contributed by atoms with Crippen molar-refractivity contribution in [1.82, 2.24) is 0 Å². The summed E-state index contributed by atoms with van der Waals surface area (Å²) >= 11 is 3.42. The fourth-order valence-electron chi connectivity index (χ4n) is 2.19. The lowest BCUT2D eigenvalue weighted by atomic mass is 10.0. The minimum atomic E-state index is -3.42. The molecule has 2 aromatic carbocycles. The third kappa shape index (κ3) is 3.86. The van der Waals surface area contributed by atoms with Crippen LogP contribution >= 0.6 is 15.9 Å². The summed E-state index contributed by atoms with van der Waals surface area (Å²) in [6.45, 7) is 0. The molecule has 1 unspecified atom stereocenters. The third-order valence-corrected chi connectivity index (χ3v) is 5.91. The van der Waals surface area contributed by atoms with Crippen LogP contribution in [0.15, 0.2) is 59.5 Å². The summed E-state index contributed by atoms with van der Waals surface area (Å²) in [4.78, 5) is 0.245. The van der Waals surface area contributed by atoms with E-state index in [0.717, 1.165) is 5.56 Å². The number of hydrogen-bond acceptors (Lipinski definition) is 3. The summed E-state index contributed by atoms with van der Waals surface area (Å²) in [6.07, 6.45) is 0. The predicted molar refractivity (Wildman–Crippen MR) is 88.0 cm³/mol. The van der Waals surface area contributed by atoms with Gasteiger partial charge in [0.25, 0.3) is 0 Å². The molecule has 112 valence electrons. The first kappa shape index (κ1) is 16.0.